The van der Waals surface area contributed by atoms with E-state index in [0.29, 0.717) is 11.9 Å². The minimum atomic E-state index is -0.231. The van der Waals surface area contributed by atoms with Gasteiger partial charge in [0, 0.05) is 9.80 Å². The number of alkyl halides is 1. The first-order chi connectivity index (χ1) is 9.19. The van der Waals surface area contributed by atoms with Crippen molar-refractivity contribution in [1.82, 2.24) is 0 Å². The van der Waals surface area contributed by atoms with Crippen molar-refractivity contribution in [3.8, 4) is 0 Å². The summed E-state index contributed by atoms with van der Waals surface area (Å²) in [5, 5.41) is 0.676. The van der Waals surface area contributed by atoms with E-state index >= 15 is 0 Å². The maximum Gasteiger partial charge on any atom is 0.123 e. The van der Waals surface area contributed by atoms with E-state index in [4.69, 9.17) is 4.74 Å². The zero-order valence-corrected chi connectivity index (χ0v) is 13.3. The van der Waals surface area contributed by atoms with Gasteiger partial charge in [-0.15, -0.1) is 0 Å². The molecule has 2 aromatic rings. The topological polar surface area (TPSA) is 9.23 Å². The van der Waals surface area contributed by atoms with Crippen molar-refractivity contribution in [3.05, 3.63) is 69.9 Å². The number of halogens is 3. The van der Waals surface area contributed by atoms with E-state index in [1.54, 1.807) is 12.1 Å². The van der Waals surface area contributed by atoms with E-state index in [1.165, 1.54) is 12.1 Å². The molecule has 2 rings (SSSR count). The lowest BCUT2D eigenvalue weighted by Crippen LogP contribution is -2.06. The molecule has 1 nitrogen and oxygen atoms in total. The molecule has 0 bridgehead atoms. The Morgan fingerprint density at radius 3 is 2.21 bits per heavy atom. The smallest absolute Gasteiger partial charge is 0.123 e. The Morgan fingerprint density at radius 1 is 1.00 bits per heavy atom. The van der Waals surface area contributed by atoms with Crippen LogP contribution in [0.1, 0.15) is 17.2 Å². The Balaban J connectivity index is 1.99. The van der Waals surface area contributed by atoms with Crippen molar-refractivity contribution in [3.63, 3.8) is 0 Å². The number of rotatable bonds is 5. The average molecular weight is 388 g/mol. The van der Waals surface area contributed by atoms with Crippen molar-refractivity contribution >= 4 is 31.9 Å². The molecule has 4 heteroatoms. The summed E-state index contributed by atoms with van der Waals surface area (Å²) in [4.78, 5) is 0. The maximum absolute atomic E-state index is 12.9. The molecule has 0 heterocycles. The van der Waals surface area contributed by atoms with Crippen LogP contribution in [0.4, 0.5) is 4.39 Å². The molecule has 0 aliphatic heterocycles. The van der Waals surface area contributed by atoms with Crippen LogP contribution in [0.15, 0.2) is 53.0 Å². The van der Waals surface area contributed by atoms with Gasteiger partial charge in [-0.1, -0.05) is 56.1 Å². The Hall–Kier alpha value is -0.710. The molecule has 1 unspecified atom stereocenters. The molecule has 19 heavy (non-hydrogen) atoms. The van der Waals surface area contributed by atoms with Crippen LogP contribution in [-0.2, 0) is 11.3 Å². The number of benzene rings is 2. The predicted octanol–water partition coefficient (Wildman–Crippen LogP) is 5.24. The second-order valence-corrected chi connectivity index (χ2v) is 5.70. The van der Waals surface area contributed by atoms with E-state index in [9.17, 15) is 4.39 Å². The van der Waals surface area contributed by atoms with Gasteiger partial charge in [0.05, 0.1) is 12.7 Å². The molecule has 0 aliphatic rings. The highest BCUT2D eigenvalue weighted by atomic mass is 79.9. The molecule has 0 spiro atoms. The predicted molar refractivity (Wildman–Crippen MR) is 81.9 cm³/mol. The van der Waals surface area contributed by atoms with Gasteiger partial charge in [-0.2, -0.15) is 0 Å². The molecule has 0 amide bonds. The van der Waals surface area contributed by atoms with Gasteiger partial charge in [0.15, 0.2) is 0 Å². The first-order valence-corrected chi connectivity index (χ1v) is 7.78. The summed E-state index contributed by atoms with van der Waals surface area (Å²) in [6, 6.07) is 14.4. The third-order valence-corrected chi connectivity index (χ3v) is 3.86. The summed E-state index contributed by atoms with van der Waals surface area (Å²) in [5.74, 6) is -0.231. The van der Waals surface area contributed by atoms with Crippen LogP contribution in [0, 0.1) is 5.82 Å². The standard InChI is InChI=1S/C15H13Br2FO/c16-9-15(12-3-7-14(18)8-4-12)19-10-11-1-5-13(17)6-2-11/h1-8,15H,9-10H2. The van der Waals surface area contributed by atoms with Crippen LogP contribution in [0.3, 0.4) is 0 Å². The second-order valence-electron chi connectivity index (χ2n) is 4.13. The van der Waals surface area contributed by atoms with Crippen molar-refractivity contribution in [2.24, 2.45) is 0 Å². The van der Waals surface area contributed by atoms with Crippen LogP contribution in [0.2, 0.25) is 0 Å². The zero-order chi connectivity index (χ0) is 13.7. The maximum atomic E-state index is 12.9. The van der Waals surface area contributed by atoms with Crippen molar-refractivity contribution < 1.29 is 9.13 Å². The fraction of sp³-hybridized carbons (Fsp3) is 0.200. The van der Waals surface area contributed by atoms with Gasteiger partial charge in [0.2, 0.25) is 0 Å². The fourth-order valence-electron chi connectivity index (χ4n) is 1.68. The van der Waals surface area contributed by atoms with Crippen molar-refractivity contribution in [1.29, 1.82) is 0 Å². The highest BCUT2D eigenvalue weighted by Gasteiger charge is 2.10. The van der Waals surface area contributed by atoms with Gasteiger partial charge in [0.25, 0.3) is 0 Å². The molecule has 0 N–H and O–H groups in total. The van der Waals surface area contributed by atoms with Gasteiger partial charge in [-0.25, -0.2) is 4.39 Å². The van der Waals surface area contributed by atoms with Crippen molar-refractivity contribution in [2.75, 3.05) is 5.33 Å². The van der Waals surface area contributed by atoms with Crippen LogP contribution >= 0.6 is 31.9 Å². The molecular formula is C15H13Br2FO. The van der Waals surface area contributed by atoms with Crippen LogP contribution in [-0.4, -0.2) is 5.33 Å². The van der Waals surface area contributed by atoms with Crippen LogP contribution < -0.4 is 0 Å². The first kappa shape index (κ1) is 14.7. The van der Waals surface area contributed by atoms with Crippen molar-refractivity contribution in [2.45, 2.75) is 12.7 Å². The molecule has 2 aromatic carbocycles. The van der Waals surface area contributed by atoms with Gasteiger partial charge in [-0.05, 0) is 35.4 Å². The third-order valence-electron chi connectivity index (χ3n) is 2.75. The Bertz CT molecular complexity index is 511. The third kappa shape index (κ3) is 4.41. The molecule has 0 aromatic heterocycles. The summed E-state index contributed by atoms with van der Waals surface area (Å²) in [6.45, 7) is 0.529. The van der Waals surface area contributed by atoms with E-state index in [1.807, 2.05) is 24.3 Å². The van der Waals surface area contributed by atoms with E-state index < -0.39 is 0 Å². The molecule has 0 fully saturated rings. The molecule has 0 radical (unpaired) electrons. The molecule has 0 aliphatic carbocycles. The summed E-state index contributed by atoms with van der Waals surface area (Å²) in [6.07, 6.45) is -0.0794. The van der Waals surface area contributed by atoms with Gasteiger partial charge < -0.3 is 4.74 Å². The van der Waals surface area contributed by atoms with Gasteiger partial charge >= 0.3 is 0 Å². The average Bonchev–Trinajstić information content (AvgIpc) is 2.43. The monoisotopic (exact) mass is 386 g/mol. The zero-order valence-electron chi connectivity index (χ0n) is 10.2. The van der Waals surface area contributed by atoms with E-state index in [-0.39, 0.29) is 11.9 Å². The Labute approximate surface area is 129 Å². The Kier molecular flexibility index (Phi) is 5.55. The molecular weight excluding hydrogens is 375 g/mol. The second kappa shape index (κ2) is 7.17. The molecule has 100 valence electrons. The summed E-state index contributed by atoms with van der Waals surface area (Å²) in [7, 11) is 0. The highest BCUT2D eigenvalue weighted by Crippen LogP contribution is 2.22. The summed E-state index contributed by atoms with van der Waals surface area (Å²) >= 11 is 6.83. The lowest BCUT2D eigenvalue weighted by Gasteiger charge is -2.16. The van der Waals surface area contributed by atoms with Crippen LogP contribution in [0.25, 0.3) is 0 Å². The minimum Gasteiger partial charge on any atom is -0.368 e. The highest BCUT2D eigenvalue weighted by molar-refractivity contribution is 9.10. The molecule has 1 atom stereocenters. The quantitative estimate of drug-likeness (QED) is 0.637. The lowest BCUT2D eigenvalue weighted by molar-refractivity contribution is 0.0565. The SMILES string of the molecule is Fc1ccc(C(CBr)OCc2ccc(Br)cc2)cc1. The molecule has 0 saturated heterocycles. The van der Waals surface area contributed by atoms with Crippen LogP contribution in [0.5, 0.6) is 0 Å². The van der Waals surface area contributed by atoms with Gasteiger partial charge in [0.1, 0.15) is 5.82 Å². The minimum absolute atomic E-state index is 0.0794. The summed E-state index contributed by atoms with van der Waals surface area (Å²) in [5.41, 5.74) is 2.08. The lowest BCUT2D eigenvalue weighted by atomic mass is 10.1. The number of hydrogen-bond donors (Lipinski definition) is 0. The number of hydrogen-bond acceptors (Lipinski definition) is 1. The number of ether oxygens (including phenoxy) is 1. The van der Waals surface area contributed by atoms with Gasteiger partial charge in [-0.3, -0.25) is 0 Å². The fourth-order valence-corrected chi connectivity index (χ4v) is 2.51. The Morgan fingerprint density at radius 2 is 1.63 bits per heavy atom. The largest absolute Gasteiger partial charge is 0.368 e. The normalized spacial score (nSPS) is 12.4. The van der Waals surface area contributed by atoms with E-state index in [0.717, 1.165) is 15.6 Å². The summed E-state index contributed by atoms with van der Waals surface area (Å²) < 4.78 is 19.8. The van der Waals surface area contributed by atoms with E-state index in [2.05, 4.69) is 31.9 Å². The first-order valence-electron chi connectivity index (χ1n) is 5.86. The molecule has 0 saturated carbocycles.